The van der Waals surface area contributed by atoms with E-state index in [1.165, 1.54) is 23.9 Å². The van der Waals surface area contributed by atoms with Crippen LogP contribution in [-0.2, 0) is 4.79 Å². The van der Waals surface area contributed by atoms with Crippen molar-refractivity contribution in [2.75, 3.05) is 37.2 Å². The molecule has 2 aromatic carbocycles. The molecule has 1 heterocycles. The van der Waals surface area contributed by atoms with Gasteiger partial charge in [-0.2, -0.15) is 0 Å². The summed E-state index contributed by atoms with van der Waals surface area (Å²) >= 11 is 1.39. The Kier molecular flexibility index (Phi) is 6.34. The number of piperazine rings is 1. The van der Waals surface area contributed by atoms with Crippen molar-refractivity contribution in [3.05, 3.63) is 59.9 Å². The molecule has 5 nitrogen and oxygen atoms in total. The van der Waals surface area contributed by atoms with Crippen LogP contribution >= 0.6 is 11.8 Å². The minimum atomic E-state index is -0.286. The van der Waals surface area contributed by atoms with Gasteiger partial charge in [0.2, 0.25) is 5.91 Å². The minimum absolute atomic E-state index is 0.0306. The van der Waals surface area contributed by atoms with E-state index in [4.69, 9.17) is 0 Å². The lowest BCUT2D eigenvalue weighted by molar-refractivity contribution is -0.129. The van der Waals surface area contributed by atoms with E-state index in [0.29, 0.717) is 31.9 Å². The Bertz CT molecular complexity index is 805. The summed E-state index contributed by atoms with van der Waals surface area (Å²) in [6, 6.07) is 13.6. The van der Waals surface area contributed by atoms with E-state index in [1.54, 1.807) is 21.9 Å². The van der Waals surface area contributed by atoms with Crippen molar-refractivity contribution in [2.45, 2.75) is 11.8 Å². The van der Waals surface area contributed by atoms with Crippen LogP contribution in [-0.4, -0.2) is 53.7 Å². The fourth-order valence-electron chi connectivity index (χ4n) is 2.85. The smallest absolute Gasteiger partial charge is 0.321 e. The SMILES string of the molecule is Cc1cccc(NC(=O)N2CCN(C(=O)CSc3ccc(F)cc3)CC2)c1. The second-order valence-corrected chi connectivity index (χ2v) is 7.46. The lowest BCUT2D eigenvalue weighted by Gasteiger charge is -2.34. The normalized spacial score (nSPS) is 14.1. The summed E-state index contributed by atoms with van der Waals surface area (Å²) in [5, 5.41) is 2.90. The third-order valence-corrected chi connectivity index (χ3v) is 5.36. The van der Waals surface area contributed by atoms with Gasteiger partial charge in [-0.05, 0) is 48.9 Å². The summed E-state index contributed by atoms with van der Waals surface area (Å²) in [7, 11) is 0. The summed E-state index contributed by atoms with van der Waals surface area (Å²) in [4.78, 5) is 29.1. The molecule has 2 aromatic rings. The van der Waals surface area contributed by atoms with Gasteiger partial charge in [-0.25, -0.2) is 9.18 Å². The molecule has 1 aliphatic heterocycles. The van der Waals surface area contributed by atoms with Crippen LogP contribution in [0.1, 0.15) is 5.56 Å². The van der Waals surface area contributed by atoms with Gasteiger partial charge < -0.3 is 15.1 Å². The number of nitrogens with zero attached hydrogens (tertiary/aromatic N) is 2. The molecule has 1 N–H and O–H groups in total. The molecule has 3 rings (SSSR count). The van der Waals surface area contributed by atoms with Gasteiger partial charge in [0, 0.05) is 36.8 Å². The Morgan fingerprint density at radius 3 is 2.37 bits per heavy atom. The zero-order chi connectivity index (χ0) is 19.2. The fraction of sp³-hybridized carbons (Fsp3) is 0.300. The predicted molar refractivity (Wildman–Crippen MR) is 105 cm³/mol. The first-order valence-corrected chi connectivity index (χ1v) is 9.78. The number of carbonyl (C=O) groups excluding carboxylic acids is 2. The van der Waals surface area contributed by atoms with Crippen molar-refractivity contribution >= 4 is 29.4 Å². The summed E-state index contributed by atoms with van der Waals surface area (Å²) < 4.78 is 12.9. The van der Waals surface area contributed by atoms with Crippen LogP contribution in [0.3, 0.4) is 0 Å². The second kappa shape index (κ2) is 8.90. The molecule has 0 bridgehead atoms. The Labute approximate surface area is 162 Å². The standard InChI is InChI=1S/C20H22FN3O2S/c1-15-3-2-4-17(13-15)22-20(26)24-11-9-23(10-12-24)19(25)14-27-18-7-5-16(21)6-8-18/h2-8,13H,9-12,14H2,1H3,(H,22,26). The van der Waals surface area contributed by atoms with Crippen molar-refractivity contribution < 1.29 is 14.0 Å². The van der Waals surface area contributed by atoms with E-state index < -0.39 is 0 Å². The van der Waals surface area contributed by atoms with Crippen molar-refractivity contribution in [1.29, 1.82) is 0 Å². The highest BCUT2D eigenvalue weighted by atomic mass is 32.2. The maximum Gasteiger partial charge on any atom is 0.321 e. The number of urea groups is 1. The number of thioether (sulfide) groups is 1. The minimum Gasteiger partial charge on any atom is -0.338 e. The molecule has 1 aliphatic rings. The fourth-order valence-corrected chi connectivity index (χ4v) is 3.65. The first-order valence-electron chi connectivity index (χ1n) is 8.80. The number of amides is 3. The summed E-state index contributed by atoms with van der Waals surface area (Å²) in [5.41, 5.74) is 1.86. The number of hydrogen-bond donors (Lipinski definition) is 1. The monoisotopic (exact) mass is 387 g/mol. The highest BCUT2D eigenvalue weighted by molar-refractivity contribution is 8.00. The van der Waals surface area contributed by atoms with Crippen LogP contribution in [0.4, 0.5) is 14.9 Å². The summed E-state index contributed by atoms with van der Waals surface area (Å²) in [6.07, 6.45) is 0. The van der Waals surface area contributed by atoms with Crippen molar-refractivity contribution in [1.82, 2.24) is 9.80 Å². The summed E-state index contributed by atoms with van der Waals surface area (Å²) in [6.45, 7) is 4.02. The number of benzene rings is 2. The van der Waals surface area contributed by atoms with Crippen molar-refractivity contribution in [3.63, 3.8) is 0 Å². The van der Waals surface area contributed by atoms with Crippen LogP contribution in [0.25, 0.3) is 0 Å². The molecule has 0 atom stereocenters. The van der Waals surface area contributed by atoms with E-state index in [1.807, 2.05) is 31.2 Å². The van der Waals surface area contributed by atoms with Crippen molar-refractivity contribution in [3.8, 4) is 0 Å². The van der Waals surface area contributed by atoms with Gasteiger partial charge in [0.25, 0.3) is 0 Å². The molecule has 0 spiro atoms. The highest BCUT2D eigenvalue weighted by Crippen LogP contribution is 2.19. The van der Waals surface area contributed by atoms with Crippen LogP contribution in [0, 0.1) is 12.7 Å². The average molecular weight is 387 g/mol. The van der Waals surface area contributed by atoms with E-state index in [0.717, 1.165) is 16.1 Å². The van der Waals surface area contributed by atoms with Gasteiger partial charge in [0.1, 0.15) is 5.82 Å². The van der Waals surface area contributed by atoms with Gasteiger partial charge >= 0.3 is 6.03 Å². The number of nitrogens with one attached hydrogen (secondary N) is 1. The predicted octanol–water partition coefficient (Wildman–Crippen LogP) is 3.60. The van der Waals surface area contributed by atoms with Gasteiger partial charge in [0.05, 0.1) is 5.75 Å². The van der Waals surface area contributed by atoms with Crippen LogP contribution in [0.15, 0.2) is 53.4 Å². The molecular formula is C20H22FN3O2S. The Morgan fingerprint density at radius 2 is 1.70 bits per heavy atom. The molecule has 0 unspecified atom stereocenters. The summed E-state index contributed by atoms with van der Waals surface area (Å²) in [5.74, 6) is 0.0509. The van der Waals surface area contributed by atoms with Gasteiger partial charge in [-0.15, -0.1) is 11.8 Å². The Balaban J connectivity index is 1.44. The molecule has 1 fully saturated rings. The third-order valence-electron chi connectivity index (χ3n) is 4.36. The van der Waals surface area contributed by atoms with E-state index in [9.17, 15) is 14.0 Å². The molecule has 0 aliphatic carbocycles. The number of aryl methyl sites for hydroxylation is 1. The largest absolute Gasteiger partial charge is 0.338 e. The maximum atomic E-state index is 12.9. The van der Waals surface area contributed by atoms with Crippen molar-refractivity contribution in [2.24, 2.45) is 0 Å². The molecule has 0 aromatic heterocycles. The van der Waals surface area contributed by atoms with E-state index >= 15 is 0 Å². The lowest BCUT2D eigenvalue weighted by atomic mass is 10.2. The average Bonchev–Trinajstić information content (AvgIpc) is 2.67. The number of hydrogen-bond acceptors (Lipinski definition) is 3. The third kappa shape index (κ3) is 5.47. The molecule has 1 saturated heterocycles. The Morgan fingerprint density at radius 1 is 1.04 bits per heavy atom. The zero-order valence-electron chi connectivity index (χ0n) is 15.2. The maximum absolute atomic E-state index is 12.9. The molecular weight excluding hydrogens is 365 g/mol. The van der Waals surface area contributed by atoms with Crippen LogP contribution in [0.2, 0.25) is 0 Å². The lowest BCUT2D eigenvalue weighted by Crippen LogP contribution is -2.52. The molecule has 7 heteroatoms. The second-order valence-electron chi connectivity index (χ2n) is 6.41. The van der Waals surface area contributed by atoms with Gasteiger partial charge in [-0.1, -0.05) is 12.1 Å². The quantitative estimate of drug-likeness (QED) is 0.816. The molecule has 27 heavy (non-hydrogen) atoms. The highest BCUT2D eigenvalue weighted by Gasteiger charge is 2.24. The molecule has 142 valence electrons. The number of halogens is 1. The van der Waals surface area contributed by atoms with Gasteiger partial charge in [0.15, 0.2) is 0 Å². The molecule has 0 radical (unpaired) electrons. The van der Waals surface area contributed by atoms with E-state index in [-0.39, 0.29) is 17.8 Å². The van der Waals surface area contributed by atoms with Crippen LogP contribution < -0.4 is 5.32 Å². The van der Waals surface area contributed by atoms with Gasteiger partial charge in [-0.3, -0.25) is 4.79 Å². The first kappa shape index (κ1) is 19.2. The Hall–Kier alpha value is -2.54. The van der Waals surface area contributed by atoms with E-state index in [2.05, 4.69) is 5.32 Å². The molecule has 3 amide bonds. The topological polar surface area (TPSA) is 52.7 Å². The number of rotatable bonds is 4. The first-order chi connectivity index (χ1) is 13.0. The number of anilines is 1. The molecule has 0 saturated carbocycles. The zero-order valence-corrected chi connectivity index (χ0v) is 16.0. The van der Waals surface area contributed by atoms with Crippen LogP contribution in [0.5, 0.6) is 0 Å². The number of carbonyl (C=O) groups is 2.